The van der Waals surface area contributed by atoms with Crippen LogP contribution < -0.4 is 5.32 Å². The number of benzene rings is 1. The molecule has 2 aromatic heterocycles. The highest BCUT2D eigenvalue weighted by Gasteiger charge is 2.49. The molecule has 0 spiro atoms. The number of thiazole rings is 1. The summed E-state index contributed by atoms with van der Waals surface area (Å²) in [4.78, 5) is 25.4. The lowest BCUT2D eigenvalue weighted by Gasteiger charge is -2.44. The quantitative estimate of drug-likeness (QED) is 0.499. The topological polar surface area (TPSA) is 132 Å². The first kappa shape index (κ1) is 22.8. The highest BCUT2D eigenvalue weighted by molar-refractivity contribution is 7.15. The number of aryl methyl sites for hydroxylation is 1. The number of hydrogen-bond donors (Lipinski definition) is 3. The Bertz CT molecular complexity index is 1250. The summed E-state index contributed by atoms with van der Waals surface area (Å²) in [5.74, 6) is -0.961. The summed E-state index contributed by atoms with van der Waals surface area (Å²) < 4.78 is 0. The summed E-state index contributed by atoms with van der Waals surface area (Å²) in [6, 6.07) is 9.48. The molecule has 1 aliphatic rings. The fourth-order valence-electron chi connectivity index (χ4n) is 4.61. The van der Waals surface area contributed by atoms with E-state index < -0.39 is 22.9 Å². The molecule has 1 saturated carbocycles. The summed E-state index contributed by atoms with van der Waals surface area (Å²) in [7, 11) is 0. The van der Waals surface area contributed by atoms with Crippen molar-refractivity contribution < 1.29 is 15.0 Å². The summed E-state index contributed by atoms with van der Waals surface area (Å²) >= 11 is 1.42. The van der Waals surface area contributed by atoms with Crippen molar-refractivity contribution in [2.24, 2.45) is 11.3 Å². The summed E-state index contributed by atoms with van der Waals surface area (Å²) in [6.45, 7) is 5.77. The van der Waals surface area contributed by atoms with Crippen LogP contribution >= 0.6 is 11.3 Å². The zero-order chi connectivity index (χ0) is 23.8. The number of nitrogens with one attached hydrogen (secondary N) is 1. The number of hydrogen-bond acceptors (Lipinski definition) is 8. The van der Waals surface area contributed by atoms with Crippen molar-refractivity contribution in [1.82, 2.24) is 15.0 Å². The smallest absolute Gasteiger partial charge is 0.307 e. The van der Waals surface area contributed by atoms with Gasteiger partial charge in [-0.2, -0.15) is 5.26 Å². The Morgan fingerprint density at radius 1 is 1.30 bits per heavy atom. The first-order valence-electron chi connectivity index (χ1n) is 10.6. The van der Waals surface area contributed by atoms with E-state index in [1.54, 1.807) is 12.3 Å². The second-order valence-corrected chi connectivity index (χ2v) is 10.3. The molecule has 4 rings (SSSR count). The molecule has 0 bridgehead atoms. The van der Waals surface area contributed by atoms with Gasteiger partial charge in [-0.1, -0.05) is 19.9 Å². The first-order chi connectivity index (χ1) is 15.6. The number of carboxylic acids is 1. The summed E-state index contributed by atoms with van der Waals surface area (Å²) in [6.07, 6.45) is 4.40. The van der Waals surface area contributed by atoms with Crippen molar-refractivity contribution in [3.63, 3.8) is 0 Å². The third kappa shape index (κ3) is 4.72. The normalized spacial score (nSPS) is 21.8. The number of carboxylic acid groups (broad SMARTS) is 1. The molecule has 3 N–H and O–H groups in total. The van der Waals surface area contributed by atoms with Gasteiger partial charge in [0.25, 0.3) is 0 Å². The molecule has 2 atom stereocenters. The Hall–Kier alpha value is -3.35. The molecular weight excluding hydrogens is 438 g/mol. The van der Waals surface area contributed by atoms with Gasteiger partial charge in [0.05, 0.1) is 10.8 Å². The molecule has 170 valence electrons. The number of aliphatic carboxylic acids is 1. The Morgan fingerprint density at radius 3 is 2.79 bits per heavy atom. The van der Waals surface area contributed by atoms with E-state index >= 15 is 0 Å². The minimum Gasteiger partial charge on any atom is -0.481 e. The largest absolute Gasteiger partial charge is 0.481 e. The maximum atomic E-state index is 11.6. The van der Waals surface area contributed by atoms with E-state index in [0.717, 1.165) is 21.7 Å². The molecule has 3 aromatic rings. The van der Waals surface area contributed by atoms with Gasteiger partial charge in [0.15, 0.2) is 0 Å². The molecule has 0 unspecified atom stereocenters. The van der Waals surface area contributed by atoms with Gasteiger partial charge in [0.2, 0.25) is 5.95 Å². The van der Waals surface area contributed by atoms with Crippen LogP contribution in [0.2, 0.25) is 0 Å². The molecule has 0 aliphatic heterocycles. The lowest BCUT2D eigenvalue weighted by molar-refractivity contribution is -0.154. The number of nitrogens with zero attached hydrogens (tertiary/aromatic N) is 4. The van der Waals surface area contributed by atoms with E-state index in [4.69, 9.17) is 5.26 Å². The average molecular weight is 464 g/mol. The zero-order valence-corrected chi connectivity index (χ0v) is 19.5. The van der Waals surface area contributed by atoms with Crippen molar-refractivity contribution >= 4 is 28.9 Å². The van der Waals surface area contributed by atoms with Gasteiger partial charge in [-0.25, -0.2) is 15.0 Å². The third-order valence-electron chi connectivity index (χ3n) is 6.13. The zero-order valence-electron chi connectivity index (χ0n) is 18.7. The Labute approximate surface area is 196 Å². The van der Waals surface area contributed by atoms with Crippen LogP contribution in [0.5, 0.6) is 0 Å². The minimum absolute atomic E-state index is 0.279. The number of aliphatic hydroxyl groups is 1. The second kappa shape index (κ2) is 8.54. The monoisotopic (exact) mass is 463 g/mol. The lowest BCUT2D eigenvalue weighted by Crippen LogP contribution is -2.44. The van der Waals surface area contributed by atoms with Crippen molar-refractivity contribution in [1.29, 1.82) is 5.26 Å². The van der Waals surface area contributed by atoms with E-state index in [2.05, 4.69) is 20.3 Å². The van der Waals surface area contributed by atoms with Gasteiger partial charge < -0.3 is 15.5 Å². The number of anilines is 2. The number of aromatic nitrogens is 3. The lowest BCUT2D eigenvalue weighted by atomic mass is 9.63. The van der Waals surface area contributed by atoms with Crippen LogP contribution in [-0.2, 0) is 10.4 Å². The Kier molecular flexibility index (Phi) is 5.91. The highest BCUT2D eigenvalue weighted by Crippen LogP contribution is 2.50. The third-order valence-corrected chi connectivity index (χ3v) is 7.37. The van der Waals surface area contributed by atoms with Crippen LogP contribution in [0.15, 0.2) is 36.7 Å². The molecule has 0 saturated heterocycles. The fraction of sp³-hybridized carbons (Fsp3) is 0.375. The second-order valence-electron chi connectivity index (χ2n) is 9.25. The van der Waals surface area contributed by atoms with Gasteiger partial charge in [-0.3, -0.25) is 4.79 Å². The summed E-state index contributed by atoms with van der Waals surface area (Å²) in [5.41, 5.74) is 1.32. The van der Waals surface area contributed by atoms with E-state index in [9.17, 15) is 15.0 Å². The van der Waals surface area contributed by atoms with Gasteiger partial charge in [0, 0.05) is 18.1 Å². The molecular formula is C24H25N5O3S. The molecule has 0 amide bonds. The molecule has 1 fully saturated rings. The van der Waals surface area contributed by atoms with Gasteiger partial charge in [0.1, 0.15) is 22.4 Å². The van der Waals surface area contributed by atoms with E-state index in [0.29, 0.717) is 30.2 Å². The van der Waals surface area contributed by atoms with Crippen molar-refractivity contribution in [3.05, 3.63) is 52.9 Å². The number of rotatable bonds is 5. The SMILES string of the molecule is Cc1cc(Nc2nccc(C#N)n2)cc(-c2cnc([C@@]3(O)CC[C@H](C(=O)O)C(C)(C)C3)s2)c1. The Morgan fingerprint density at radius 2 is 2.09 bits per heavy atom. The standard InChI is InChI=1S/C24H25N5O3S/c1-14-8-15(10-17(9-14)29-22-26-7-5-16(11-25)28-22)19-12-27-21(33-19)24(32)6-4-18(20(30)31)23(2,3)13-24/h5,7-10,12,18,32H,4,6,13H2,1-3H3,(H,30,31)(H,26,28,29)/t18-,24-/m1/s1. The van der Waals surface area contributed by atoms with Crippen LogP contribution in [0.4, 0.5) is 11.6 Å². The number of nitriles is 1. The van der Waals surface area contributed by atoms with Crippen LogP contribution in [-0.4, -0.2) is 31.1 Å². The average Bonchev–Trinajstić information content (AvgIpc) is 3.24. The molecule has 8 nitrogen and oxygen atoms in total. The maximum Gasteiger partial charge on any atom is 0.307 e. The van der Waals surface area contributed by atoms with E-state index in [1.807, 2.05) is 45.0 Å². The minimum atomic E-state index is -1.14. The fourth-order valence-corrected chi connectivity index (χ4v) is 5.63. The predicted molar refractivity (Wildman–Crippen MR) is 125 cm³/mol. The maximum absolute atomic E-state index is 11.6. The van der Waals surface area contributed by atoms with Crippen molar-refractivity contribution in [3.8, 4) is 16.5 Å². The number of carbonyl (C=O) groups is 1. The van der Waals surface area contributed by atoms with Gasteiger partial charge >= 0.3 is 5.97 Å². The summed E-state index contributed by atoms with van der Waals surface area (Å²) in [5, 5.41) is 33.7. The van der Waals surface area contributed by atoms with Gasteiger partial charge in [-0.15, -0.1) is 11.3 Å². The van der Waals surface area contributed by atoms with Crippen LogP contribution in [0.3, 0.4) is 0 Å². The van der Waals surface area contributed by atoms with Crippen LogP contribution in [0.25, 0.3) is 10.4 Å². The first-order valence-corrected chi connectivity index (χ1v) is 11.4. The predicted octanol–water partition coefficient (Wildman–Crippen LogP) is 4.62. The molecule has 1 aliphatic carbocycles. The van der Waals surface area contributed by atoms with Crippen molar-refractivity contribution in [2.75, 3.05) is 5.32 Å². The van der Waals surface area contributed by atoms with E-state index in [1.165, 1.54) is 17.5 Å². The van der Waals surface area contributed by atoms with Gasteiger partial charge in [-0.05, 0) is 60.9 Å². The Balaban J connectivity index is 1.60. The molecule has 9 heteroatoms. The van der Waals surface area contributed by atoms with Crippen LogP contribution in [0, 0.1) is 29.6 Å². The highest BCUT2D eigenvalue weighted by atomic mass is 32.1. The van der Waals surface area contributed by atoms with Crippen molar-refractivity contribution in [2.45, 2.75) is 45.6 Å². The van der Waals surface area contributed by atoms with Crippen LogP contribution in [0.1, 0.15) is 49.4 Å². The molecule has 2 heterocycles. The molecule has 1 aromatic carbocycles. The molecule has 0 radical (unpaired) electrons. The van der Waals surface area contributed by atoms with E-state index in [-0.39, 0.29) is 5.69 Å². The molecule has 33 heavy (non-hydrogen) atoms.